The fourth-order valence-electron chi connectivity index (χ4n) is 1.54. The predicted octanol–water partition coefficient (Wildman–Crippen LogP) is -0.770. The van der Waals surface area contributed by atoms with Crippen LogP contribution in [0.15, 0.2) is 21.7 Å². The number of hydrogen-bond acceptors (Lipinski definition) is 6. The standard InChI is InChI=1S/C11H18N2O5S2/c14-7-5-13(6-8-15)10(16)3-4-12-20(17,18)11-2-1-9-19-11/h1-2,9,12,14-15H,3-8H2. The second-order valence-corrected chi connectivity index (χ2v) is 6.85. The van der Waals surface area contributed by atoms with Gasteiger partial charge in [0.25, 0.3) is 0 Å². The average molecular weight is 322 g/mol. The van der Waals surface area contributed by atoms with Gasteiger partial charge in [0.2, 0.25) is 15.9 Å². The zero-order valence-corrected chi connectivity index (χ0v) is 12.5. The van der Waals surface area contributed by atoms with Crippen molar-refractivity contribution in [3.8, 4) is 0 Å². The fourth-order valence-corrected chi connectivity index (χ4v) is 3.61. The van der Waals surface area contributed by atoms with Crippen LogP contribution < -0.4 is 4.72 Å². The van der Waals surface area contributed by atoms with Gasteiger partial charge in [-0.25, -0.2) is 13.1 Å². The van der Waals surface area contributed by atoms with Crippen molar-refractivity contribution >= 4 is 27.3 Å². The molecule has 0 fully saturated rings. The molecular weight excluding hydrogens is 304 g/mol. The Labute approximate surface area is 121 Å². The first kappa shape index (κ1) is 17.1. The lowest BCUT2D eigenvalue weighted by molar-refractivity contribution is -0.132. The van der Waals surface area contributed by atoms with E-state index in [0.29, 0.717) is 0 Å². The molecule has 0 saturated carbocycles. The van der Waals surface area contributed by atoms with Crippen LogP contribution in [0.3, 0.4) is 0 Å². The highest BCUT2D eigenvalue weighted by molar-refractivity contribution is 7.91. The number of sulfonamides is 1. The van der Waals surface area contributed by atoms with Crippen molar-refractivity contribution in [1.82, 2.24) is 9.62 Å². The third-order valence-electron chi connectivity index (χ3n) is 2.48. The van der Waals surface area contributed by atoms with E-state index < -0.39 is 10.0 Å². The monoisotopic (exact) mass is 322 g/mol. The van der Waals surface area contributed by atoms with Gasteiger partial charge in [0.15, 0.2) is 0 Å². The molecule has 0 aliphatic carbocycles. The maximum Gasteiger partial charge on any atom is 0.250 e. The van der Waals surface area contributed by atoms with E-state index in [2.05, 4.69) is 4.72 Å². The van der Waals surface area contributed by atoms with Crippen LogP contribution in [0.5, 0.6) is 0 Å². The molecule has 0 bridgehead atoms. The van der Waals surface area contributed by atoms with Gasteiger partial charge in [0, 0.05) is 26.1 Å². The Morgan fingerprint density at radius 1 is 1.30 bits per heavy atom. The number of aliphatic hydroxyl groups is 2. The Kier molecular flexibility index (Phi) is 7.10. The van der Waals surface area contributed by atoms with E-state index in [1.54, 1.807) is 11.4 Å². The number of nitrogens with one attached hydrogen (secondary N) is 1. The van der Waals surface area contributed by atoms with Gasteiger partial charge in [-0.2, -0.15) is 0 Å². The number of nitrogens with zero attached hydrogens (tertiary/aromatic N) is 1. The summed E-state index contributed by atoms with van der Waals surface area (Å²) < 4.78 is 26.1. The lowest BCUT2D eigenvalue weighted by Crippen LogP contribution is -2.38. The zero-order chi connectivity index (χ0) is 15.0. The summed E-state index contributed by atoms with van der Waals surface area (Å²) in [5, 5.41) is 19.3. The predicted molar refractivity (Wildman–Crippen MR) is 74.9 cm³/mol. The van der Waals surface area contributed by atoms with Crippen molar-refractivity contribution in [2.75, 3.05) is 32.8 Å². The van der Waals surface area contributed by atoms with E-state index in [1.165, 1.54) is 11.0 Å². The summed E-state index contributed by atoms with van der Waals surface area (Å²) in [5.74, 6) is -0.318. The number of thiophene rings is 1. The second kappa shape index (κ2) is 8.32. The number of carbonyl (C=O) groups excluding carboxylic acids is 1. The quantitative estimate of drug-likeness (QED) is 0.553. The molecule has 1 aromatic heterocycles. The molecule has 0 aromatic carbocycles. The number of aliphatic hydroxyl groups excluding tert-OH is 2. The fraction of sp³-hybridized carbons (Fsp3) is 0.545. The Hall–Kier alpha value is -1.00. The Morgan fingerprint density at radius 2 is 1.95 bits per heavy atom. The van der Waals surface area contributed by atoms with Gasteiger partial charge in [-0.15, -0.1) is 11.3 Å². The van der Waals surface area contributed by atoms with Crippen LogP contribution in [0.25, 0.3) is 0 Å². The molecule has 0 spiro atoms. The maximum atomic E-state index is 11.8. The molecule has 3 N–H and O–H groups in total. The van der Waals surface area contributed by atoms with E-state index >= 15 is 0 Å². The van der Waals surface area contributed by atoms with Crippen molar-refractivity contribution in [3.05, 3.63) is 17.5 Å². The van der Waals surface area contributed by atoms with Crippen LogP contribution >= 0.6 is 11.3 Å². The van der Waals surface area contributed by atoms with Crippen molar-refractivity contribution in [2.45, 2.75) is 10.6 Å². The minimum absolute atomic E-state index is 0.0214. The first-order valence-electron chi connectivity index (χ1n) is 6.04. The van der Waals surface area contributed by atoms with E-state index in [4.69, 9.17) is 10.2 Å². The largest absolute Gasteiger partial charge is 0.395 e. The van der Waals surface area contributed by atoms with Gasteiger partial charge in [0.05, 0.1) is 13.2 Å². The molecule has 1 heterocycles. The lowest BCUT2D eigenvalue weighted by atomic mass is 10.3. The van der Waals surface area contributed by atoms with Crippen LogP contribution in [0.1, 0.15) is 6.42 Å². The molecule has 0 atom stereocenters. The Morgan fingerprint density at radius 3 is 2.45 bits per heavy atom. The van der Waals surface area contributed by atoms with E-state index in [0.717, 1.165) is 11.3 Å². The molecule has 0 saturated heterocycles. The summed E-state index contributed by atoms with van der Waals surface area (Å²) in [6, 6.07) is 3.12. The van der Waals surface area contributed by atoms with Crippen LogP contribution in [0.2, 0.25) is 0 Å². The average Bonchev–Trinajstić information content (AvgIpc) is 2.92. The van der Waals surface area contributed by atoms with Crippen molar-refractivity contribution in [1.29, 1.82) is 0 Å². The lowest BCUT2D eigenvalue weighted by Gasteiger charge is -2.20. The van der Waals surface area contributed by atoms with Crippen LogP contribution in [-0.4, -0.2) is 62.3 Å². The normalized spacial score (nSPS) is 11.5. The van der Waals surface area contributed by atoms with Crippen LogP contribution in [0.4, 0.5) is 0 Å². The van der Waals surface area contributed by atoms with E-state index in [1.807, 2.05) is 0 Å². The smallest absolute Gasteiger partial charge is 0.250 e. The molecular formula is C11H18N2O5S2. The van der Waals surface area contributed by atoms with Gasteiger partial charge >= 0.3 is 0 Å². The summed E-state index contributed by atoms with van der Waals surface area (Å²) in [4.78, 5) is 13.1. The van der Waals surface area contributed by atoms with Crippen LogP contribution in [0, 0.1) is 0 Å². The summed E-state index contributed by atoms with van der Waals surface area (Å²) >= 11 is 1.10. The number of carbonyl (C=O) groups is 1. The molecule has 0 aliphatic rings. The molecule has 0 aliphatic heterocycles. The summed E-state index contributed by atoms with van der Waals surface area (Å²) in [7, 11) is -3.56. The Balaban J connectivity index is 2.45. The number of rotatable bonds is 9. The van der Waals surface area contributed by atoms with Crippen molar-refractivity contribution in [3.63, 3.8) is 0 Å². The summed E-state index contributed by atoms with van der Waals surface area (Å²) in [6.07, 6.45) is -0.0232. The maximum absolute atomic E-state index is 11.8. The van der Waals surface area contributed by atoms with Gasteiger partial charge in [0.1, 0.15) is 4.21 Å². The van der Waals surface area contributed by atoms with Crippen molar-refractivity contribution < 1.29 is 23.4 Å². The minimum atomic E-state index is -3.56. The molecule has 1 aromatic rings. The number of amides is 1. The topological polar surface area (TPSA) is 107 Å². The molecule has 0 unspecified atom stereocenters. The number of hydrogen-bond donors (Lipinski definition) is 3. The molecule has 1 amide bonds. The van der Waals surface area contributed by atoms with Gasteiger partial charge in [-0.3, -0.25) is 4.79 Å². The second-order valence-electron chi connectivity index (χ2n) is 3.91. The highest BCUT2D eigenvalue weighted by Gasteiger charge is 2.17. The molecule has 1 rings (SSSR count). The Bertz CT molecular complexity index is 495. The summed E-state index contributed by atoms with van der Waals surface area (Å²) in [5.41, 5.74) is 0. The zero-order valence-electron chi connectivity index (χ0n) is 10.9. The molecule has 114 valence electrons. The van der Waals surface area contributed by atoms with E-state index in [-0.39, 0.29) is 49.4 Å². The van der Waals surface area contributed by atoms with Gasteiger partial charge < -0.3 is 15.1 Å². The molecule has 9 heteroatoms. The highest BCUT2D eigenvalue weighted by Crippen LogP contribution is 2.15. The van der Waals surface area contributed by atoms with Crippen molar-refractivity contribution in [2.24, 2.45) is 0 Å². The first-order valence-corrected chi connectivity index (χ1v) is 8.40. The third-order valence-corrected chi connectivity index (χ3v) is 5.34. The van der Waals surface area contributed by atoms with Gasteiger partial charge in [-0.1, -0.05) is 6.07 Å². The molecule has 7 nitrogen and oxygen atoms in total. The first-order chi connectivity index (χ1) is 9.51. The highest BCUT2D eigenvalue weighted by atomic mass is 32.2. The molecule has 20 heavy (non-hydrogen) atoms. The molecule has 0 radical (unpaired) electrons. The summed E-state index contributed by atoms with van der Waals surface area (Å²) in [6.45, 7) is -0.181. The SMILES string of the molecule is O=C(CCNS(=O)(=O)c1cccs1)N(CCO)CCO. The third kappa shape index (κ3) is 5.17. The van der Waals surface area contributed by atoms with Gasteiger partial charge in [-0.05, 0) is 11.4 Å². The van der Waals surface area contributed by atoms with E-state index in [9.17, 15) is 13.2 Å². The van der Waals surface area contributed by atoms with Crippen LogP contribution in [-0.2, 0) is 14.8 Å². The minimum Gasteiger partial charge on any atom is -0.395 e.